The molecular weight excluding hydrogens is 794 g/mol. The molecule has 1 unspecified atom stereocenters. The number of anilines is 2. The molecule has 1 atom stereocenters. The van der Waals surface area contributed by atoms with E-state index in [2.05, 4.69) is 65.1 Å². The molecule has 0 bridgehead atoms. The molecule has 0 saturated heterocycles. The van der Waals surface area contributed by atoms with Crippen molar-refractivity contribution >= 4 is 69.2 Å². The van der Waals surface area contributed by atoms with E-state index in [0.717, 1.165) is 54.5 Å². The molecule has 6 rings (SSSR count). The third-order valence-corrected chi connectivity index (χ3v) is 12.3. The Morgan fingerprint density at radius 1 is 1.02 bits per heavy atom. The van der Waals surface area contributed by atoms with Crippen molar-refractivity contribution in [3.05, 3.63) is 128 Å². The summed E-state index contributed by atoms with van der Waals surface area (Å²) in [6.45, 7) is 14.9. The largest absolute Gasteiger partial charge is 0.435 e. The van der Waals surface area contributed by atoms with E-state index in [1.165, 1.54) is 23.1 Å². The van der Waals surface area contributed by atoms with Gasteiger partial charge < -0.3 is 14.5 Å². The smallest absolute Gasteiger partial charge is 0.415 e. The van der Waals surface area contributed by atoms with Gasteiger partial charge in [0, 0.05) is 35.0 Å². The number of nitrogens with zero attached hydrogens (tertiary/aromatic N) is 4. The first-order valence-electron chi connectivity index (χ1n) is 20.5. The number of nitro benzene ring substituents is 1. The van der Waals surface area contributed by atoms with Gasteiger partial charge >= 0.3 is 6.09 Å². The minimum atomic E-state index is -1.93. The van der Waals surface area contributed by atoms with Crippen LogP contribution in [0.2, 0.25) is 5.02 Å². The Morgan fingerprint density at radius 2 is 1.70 bits per heavy atom. The average molecular weight is 844 g/mol. The van der Waals surface area contributed by atoms with Crippen molar-refractivity contribution in [1.82, 2.24) is 4.98 Å². The summed E-state index contributed by atoms with van der Waals surface area (Å²) in [6, 6.07) is 23.0. The molecule has 1 N–H and O–H groups in total. The van der Waals surface area contributed by atoms with Crippen LogP contribution in [0, 0.1) is 28.4 Å². The van der Waals surface area contributed by atoms with Crippen molar-refractivity contribution < 1.29 is 28.5 Å². The number of nitro groups is 1. The van der Waals surface area contributed by atoms with Gasteiger partial charge in [0.15, 0.2) is 5.58 Å². The van der Waals surface area contributed by atoms with Gasteiger partial charge in [-0.1, -0.05) is 108 Å². The fraction of sp³-hybridized carbons (Fsp3) is 0.354. The van der Waals surface area contributed by atoms with Gasteiger partial charge in [0.2, 0.25) is 17.8 Å². The summed E-state index contributed by atoms with van der Waals surface area (Å²) in [5, 5.41) is 24.1. The second kappa shape index (κ2) is 18.1. The van der Waals surface area contributed by atoms with Crippen LogP contribution in [0.3, 0.4) is 0 Å². The van der Waals surface area contributed by atoms with Crippen molar-refractivity contribution in [3.8, 4) is 6.07 Å². The summed E-state index contributed by atoms with van der Waals surface area (Å²) in [5.74, 6) is -1.55. The number of aromatic nitrogens is 1. The number of ether oxygens (including phenoxy) is 1. The Morgan fingerprint density at radius 3 is 2.31 bits per heavy atom. The fourth-order valence-corrected chi connectivity index (χ4v) is 7.61. The second-order valence-corrected chi connectivity index (χ2v) is 17.2. The number of rotatable bonds is 14. The monoisotopic (exact) mass is 843 g/mol. The average Bonchev–Trinajstić information content (AvgIpc) is 3.94. The summed E-state index contributed by atoms with van der Waals surface area (Å²) in [5.41, 5.74) is 5.23. The lowest BCUT2D eigenvalue weighted by molar-refractivity contribution is -0.384. The predicted molar refractivity (Wildman–Crippen MR) is 238 cm³/mol. The van der Waals surface area contributed by atoms with Gasteiger partial charge in [0.1, 0.15) is 17.2 Å². The highest BCUT2D eigenvalue weighted by Gasteiger charge is 2.37. The van der Waals surface area contributed by atoms with E-state index < -0.39 is 28.8 Å². The zero-order chi connectivity index (χ0) is 44.2. The molecule has 12 nitrogen and oxygen atoms in total. The van der Waals surface area contributed by atoms with E-state index in [1.54, 1.807) is 42.5 Å². The molecule has 2 amide bonds. The number of nitriles is 1. The number of amides is 2. The van der Waals surface area contributed by atoms with E-state index in [4.69, 9.17) is 25.7 Å². The van der Waals surface area contributed by atoms with Crippen LogP contribution in [0.4, 0.5) is 21.9 Å². The van der Waals surface area contributed by atoms with Crippen LogP contribution < -0.4 is 10.2 Å². The zero-order valence-electron chi connectivity index (χ0n) is 35.5. The Bertz CT molecular complexity index is 2570. The highest BCUT2D eigenvalue weighted by molar-refractivity contribution is 6.34. The molecule has 0 spiro atoms. The molecule has 0 radical (unpaired) electrons. The Hall–Kier alpha value is -6.32. The van der Waals surface area contributed by atoms with Crippen molar-refractivity contribution in [2.45, 2.75) is 110 Å². The maximum Gasteiger partial charge on any atom is 0.415 e. The number of aryl methyl sites for hydroxylation is 1. The van der Waals surface area contributed by atoms with E-state index >= 15 is 0 Å². The van der Waals surface area contributed by atoms with Crippen molar-refractivity contribution in [2.75, 3.05) is 10.2 Å². The third kappa shape index (κ3) is 9.53. The molecule has 5 aromatic rings. The number of allylic oxidation sites excluding steroid dienone is 1. The SMILES string of the molecule is CCC(C)(C)c1cc(C(C)(C)CC)c2oc(/C(C#N)=C/c3ccc(N(C(=O)OC(C(=O)Nc4ccc([N+](=O)[O-])cc4Cl)C(=O)c4ccccc4)C4CCCC4)cc3C)nc2c1. The molecule has 1 fully saturated rings. The number of nitrogens with one attached hydrogen (secondary N) is 1. The summed E-state index contributed by atoms with van der Waals surface area (Å²) in [6.07, 6.45) is 3.75. The number of oxazole rings is 1. The predicted octanol–water partition coefficient (Wildman–Crippen LogP) is 11.9. The van der Waals surface area contributed by atoms with Crippen LogP contribution in [0.15, 0.2) is 83.3 Å². The Kier molecular flexibility index (Phi) is 13.1. The molecule has 1 aromatic heterocycles. The molecule has 4 aromatic carbocycles. The van der Waals surface area contributed by atoms with Gasteiger partial charge in [-0.2, -0.15) is 5.26 Å². The lowest BCUT2D eigenvalue weighted by Gasteiger charge is -2.30. The maximum absolute atomic E-state index is 14.3. The van der Waals surface area contributed by atoms with E-state index in [1.807, 2.05) is 6.92 Å². The van der Waals surface area contributed by atoms with Gasteiger partial charge in [-0.05, 0) is 90.5 Å². The van der Waals surface area contributed by atoms with Crippen LogP contribution >= 0.6 is 11.6 Å². The molecule has 13 heteroatoms. The molecule has 1 aliphatic carbocycles. The lowest BCUT2D eigenvalue weighted by atomic mass is 9.76. The normalized spacial score (nSPS) is 14.0. The number of ketones is 1. The Balaban J connectivity index is 1.34. The number of hydrogen-bond acceptors (Lipinski definition) is 9. The van der Waals surface area contributed by atoms with Crippen molar-refractivity contribution in [3.63, 3.8) is 0 Å². The van der Waals surface area contributed by atoms with E-state index in [-0.39, 0.29) is 50.3 Å². The minimum Gasteiger partial charge on any atom is -0.435 e. The minimum absolute atomic E-state index is 0.00360. The lowest BCUT2D eigenvalue weighted by Crippen LogP contribution is -2.46. The highest BCUT2D eigenvalue weighted by atomic mass is 35.5. The van der Waals surface area contributed by atoms with Crippen molar-refractivity contribution in [1.29, 1.82) is 5.26 Å². The first kappa shape index (κ1) is 44.2. The number of non-ortho nitro benzene ring substituents is 1. The van der Waals surface area contributed by atoms with Crippen LogP contribution in [0.25, 0.3) is 22.7 Å². The quantitative estimate of drug-likeness (QED) is 0.0376. The maximum atomic E-state index is 14.3. The standard InChI is InChI=1S/C48H50ClN5O7/c1-8-47(4,5)33-25-37(48(6,7)9-2)42-40(26-33)52-45(60-42)32(28-50)24-31-19-20-35(23-29(31)3)53(34-17-13-14-18-34)46(57)61-43(41(55)30-15-11-10-12-16-30)44(56)51-39-22-21-36(54(58)59)27-38(39)49/h10-12,15-16,19-27,34,43H,8-9,13-14,17-18H2,1-7H3,(H,51,56)/b32-24+. The third-order valence-electron chi connectivity index (χ3n) is 12.0. The molecular formula is C48H50ClN5O7. The molecule has 61 heavy (non-hydrogen) atoms. The number of carbonyl (C=O) groups is 3. The molecule has 0 aliphatic heterocycles. The highest BCUT2D eigenvalue weighted by Crippen LogP contribution is 2.40. The van der Waals surface area contributed by atoms with Crippen LogP contribution in [0.5, 0.6) is 0 Å². The number of Topliss-reactive ketones (excluding diaryl/α,β-unsaturated/α-hetero) is 1. The van der Waals surface area contributed by atoms with Crippen LogP contribution in [0.1, 0.15) is 119 Å². The van der Waals surface area contributed by atoms with Crippen LogP contribution in [-0.2, 0) is 20.4 Å². The number of carbonyl (C=O) groups excluding carboxylic acids is 3. The van der Waals surface area contributed by atoms with Gasteiger partial charge in [0.25, 0.3) is 11.6 Å². The molecule has 1 saturated carbocycles. The fourth-order valence-electron chi connectivity index (χ4n) is 7.39. The summed E-state index contributed by atoms with van der Waals surface area (Å²) in [7, 11) is 0. The van der Waals surface area contributed by atoms with Gasteiger partial charge in [-0.25, -0.2) is 9.78 Å². The summed E-state index contributed by atoms with van der Waals surface area (Å²) in [4.78, 5) is 59.0. The summed E-state index contributed by atoms with van der Waals surface area (Å²) < 4.78 is 12.3. The number of hydrogen-bond donors (Lipinski definition) is 1. The zero-order valence-corrected chi connectivity index (χ0v) is 36.3. The topological polar surface area (TPSA) is 169 Å². The van der Waals surface area contributed by atoms with E-state index in [9.17, 15) is 29.8 Å². The number of fused-ring (bicyclic) bond motifs is 1. The van der Waals surface area contributed by atoms with Gasteiger partial charge in [-0.15, -0.1) is 0 Å². The Labute approximate surface area is 360 Å². The molecule has 316 valence electrons. The molecule has 1 heterocycles. The van der Waals surface area contributed by atoms with Gasteiger partial charge in [-0.3, -0.25) is 24.6 Å². The summed E-state index contributed by atoms with van der Waals surface area (Å²) >= 11 is 6.27. The first-order chi connectivity index (χ1) is 29.0. The van der Waals surface area contributed by atoms with Crippen molar-refractivity contribution in [2.24, 2.45) is 0 Å². The second-order valence-electron chi connectivity index (χ2n) is 16.8. The number of halogens is 1. The van der Waals surface area contributed by atoms with Crippen LogP contribution in [-0.4, -0.2) is 39.8 Å². The van der Waals surface area contributed by atoms with E-state index in [0.29, 0.717) is 35.2 Å². The first-order valence-corrected chi connectivity index (χ1v) is 20.9. The number of benzene rings is 4. The molecule has 1 aliphatic rings. The van der Waals surface area contributed by atoms with Gasteiger partial charge in [0.05, 0.1) is 15.6 Å².